The minimum absolute atomic E-state index is 0.935. The molecule has 2 rings (SSSR count). The maximum absolute atomic E-state index is 4.20. The van der Waals surface area contributed by atoms with Gasteiger partial charge in [0.25, 0.3) is 0 Å². The average Bonchev–Trinajstić information content (AvgIpc) is 2.72. The van der Waals surface area contributed by atoms with Crippen LogP contribution >= 0.6 is 23.1 Å². The van der Waals surface area contributed by atoms with Gasteiger partial charge < -0.3 is 0 Å². The van der Waals surface area contributed by atoms with Gasteiger partial charge in [-0.3, -0.25) is 4.68 Å². The summed E-state index contributed by atoms with van der Waals surface area (Å²) in [5.74, 6) is 0.935. The molecule has 3 nitrogen and oxygen atoms in total. The Balaban J connectivity index is 1.97. The molecule has 5 heteroatoms. The van der Waals surface area contributed by atoms with E-state index >= 15 is 0 Å². The van der Waals surface area contributed by atoms with Crippen molar-refractivity contribution >= 4 is 23.1 Å². The number of hydrogen-bond donors (Lipinski definition) is 0. The SMILES string of the molecule is Cn1nccc1CSc1nccs1. The predicted molar refractivity (Wildman–Crippen MR) is 54.9 cm³/mol. The number of rotatable bonds is 3. The van der Waals surface area contributed by atoms with Gasteiger partial charge in [-0.15, -0.1) is 11.3 Å². The third kappa shape index (κ3) is 2.10. The van der Waals surface area contributed by atoms with Gasteiger partial charge in [0, 0.05) is 36.3 Å². The summed E-state index contributed by atoms with van der Waals surface area (Å²) in [6.45, 7) is 0. The Hall–Kier alpha value is -0.810. The van der Waals surface area contributed by atoms with Crippen molar-refractivity contribution < 1.29 is 0 Å². The summed E-state index contributed by atoms with van der Waals surface area (Å²) in [4.78, 5) is 4.20. The molecule has 0 N–H and O–H groups in total. The lowest BCUT2D eigenvalue weighted by Crippen LogP contribution is -1.95. The molecule has 68 valence electrons. The molecule has 0 aromatic carbocycles. The van der Waals surface area contributed by atoms with Crippen molar-refractivity contribution in [1.29, 1.82) is 0 Å². The molecule has 0 bridgehead atoms. The largest absolute Gasteiger partial charge is 0.272 e. The summed E-state index contributed by atoms with van der Waals surface area (Å²) < 4.78 is 3.00. The Kier molecular flexibility index (Phi) is 2.65. The Morgan fingerprint density at radius 1 is 1.54 bits per heavy atom. The summed E-state index contributed by atoms with van der Waals surface area (Å²) in [6.07, 6.45) is 3.65. The second kappa shape index (κ2) is 3.93. The third-order valence-electron chi connectivity index (χ3n) is 1.68. The van der Waals surface area contributed by atoms with Gasteiger partial charge >= 0.3 is 0 Å². The highest BCUT2D eigenvalue weighted by Gasteiger charge is 2.00. The van der Waals surface area contributed by atoms with Crippen LogP contribution in [-0.2, 0) is 12.8 Å². The smallest absolute Gasteiger partial charge is 0.150 e. The number of aromatic nitrogens is 3. The van der Waals surface area contributed by atoms with E-state index in [4.69, 9.17) is 0 Å². The van der Waals surface area contributed by atoms with Gasteiger partial charge in [0.05, 0.1) is 0 Å². The maximum atomic E-state index is 4.20. The van der Waals surface area contributed by atoms with Crippen LogP contribution in [0.15, 0.2) is 28.2 Å². The molecular formula is C8H9N3S2. The normalized spacial score (nSPS) is 10.5. The fourth-order valence-electron chi connectivity index (χ4n) is 0.960. The molecule has 0 saturated carbocycles. The molecule has 2 aromatic rings. The van der Waals surface area contributed by atoms with Crippen LogP contribution in [-0.4, -0.2) is 14.8 Å². The maximum Gasteiger partial charge on any atom is 0.150 e. The second-order valence-electron chi connectivity index (χ2n) is 2.53. The third-order valence-corrected chi connectivity index (χ3v) is 3.68. The fraction of sp³-hybridized carbons (Fsp3) is 0.250. The van der Waals surface area contributed by atoms with Crippen molar-refractivity contribution in [3.8, 4) is 0 Å². The molecule has 13 heavy (non-hydrogen) atoms. The van der Waals surface area contributed by atoms with E-state index in [0.29, 0.717) is 0 Å². The number of thioether (sulfide) groups is 1. The van der Waals surface area contributed by atoms with Crippen LogP contribution in [0.2, 0.25) is 0 Å². The van der Waals surface area contributed by atoms with Crippen LogP contribution in [0.5, 0.6) is 0 Å². The molecule has 0 amide bonds. The van der Waals surface area contributed by atoms with Crippen LogP contribution in [0.3, 0.4) is 0 Å². The van der Waals surface area contributed by atoms with Crippen LogP contribution < -0.4 is 0 Å². The summed E-state index contributed by atoms with van der Waals surface area (Å²) in [6, 6.07) is 2.03. The Labute approximate surface area is 84.8 Å². The van der Waals surface area contributed by atoms with Gasteiger partial charge in [-0.25, -0.2) is 4.98 Å². The van der Waals surface area contributed by atoms with Crippen molar-refractivity contribution in [3.63, 3.8) is 0 Å². The molecule has 0 unspecified atom stereocenters. The molecule has 2 aromatic heterocycles. The molecule has 2 heterocycles. The molecule has 0 radical (unpaired) electrons. The lowest BCUT2D eigenvalue weighted by Gasteiger charge is -1.98. The molecule has 0 aliphatic heterocycles. The average molecular weight is 211 g/mol. The van der Waals surface area contributed by atoms with Crippen LogP contribution in [0.4, 0.5) is 0 Å². The predicted octanol–water partition coefficient (Wildman–Crippen LogP) is 2.17. The topological polar surface area (TPSA) is 30.7 Å². The van der Waals surface area contributed by atoms with Gasteiger partial charge in [-0.05, 0) is 6.07 Å². The van der Waals surface area contributed by atoms with Crippen molar-refractivity contribution in [1.82, 2.24) is 14.8 Å². The first-order valence-corrected chi connectivity index (χ1v) is 5.72. The minimum Gasteiger partial charge on any atom is -0.272 e. The Morgan fingerprint density at radius 3 is 3.08 bits per heavy atom. The zero-order valence-electron chi connectivity index (χ0n) is 7.17. The first-order valence-electron chi connectivity index (χ1n) is 3.85. The Morgan fingerprint density at radius 2 is 2.46 bits per heavy atom. The minimum atomic E-state index is 0.935. The van der Waals surface area contributed by atoms with Crippen molar-refractivity contribution in [2.24, 2.45) is 7.05 Å². The zero-order valence-corrected chi connectivity index (χ0v) is 8.81. The van der Waals surface area contributed by atoms with E-state index in [-0.39, 0.29) is 0 Å². The fourth-order valence-corrected chi connectivity index (χ4v) is 2.63. The van der Waals surface area contributed by atoms with Gasteiger partial charge in [0.15, 0.2) is 0 Å². The van der Waals surface area contributed by atoms with Crippen LogP contribution in [0.1, 0.15) is 5.69 Å². The van der Waals surface area contributed by atoms with E-state index in [9.17, 15) is 0 Å². The zero-order chi connectivity index (χ0) is 9.10. The number of hydrogen-bond acceptors (Lipinski definition) is 4. The van der Waals surface area contributed by atoms with Gasteiger partial charge in [-0.1, -0.05) is 11.8 Å². The van der Waals surface area contributed by atoms with Gasteiger partial charge in [-0.2, -0.15) is 5.10 Å². The van der Waals surface area contributed by atoms with Crippen molar-refractivity contribution in [2.45, 2.75) is 10.1 Å². The van der Waals surface area contributed by atoms with Crippen molar-refractivity contribution in [3.05, 3.63) is 29.5 Å². The first-order chi connectivity index (χ1) is 6.36. The quantitative estimate of drug-likeness (QED) is 0.729. The summed E-state index contributed by atoms with van der Waals surface area (Å²) in [7, 11) is 1.96. The molecule has 0 spiro atoms. The van der Waals surface area contributed by atoms with Crippen LogP contribution in [0, 0.1) is 0 Å². The summed E-state index contributed by atoms with van der Waals surface area (Å²) >= 11 is 3.42. The van der Waals surface area contributed by atoms with E-state index in [0.717, 1.165) is 10.1 Å². The molecule has 0 aliphatic rings. The number of nitrogens with zero attached hydrogens (tertiary/aromatic N) is 3. The van der Waals surface area contributed by atoms with Crippen LogP contribution in [0.25, 0.3) is 0 Å². The standard InChI is InChI=1S/C8H9N3S2/c1-11-7(2-3-10-11)6-13-8-9-4-5-12-8/h2-5H,6H2,1H3. The summed E-state index contributed by atoms with van der Waals surface area (Å²) in [5, 5.41) is 6.09. The number of thiazole rings is 1. The highest BCUT2D eigenvalue weighted by Crippen LogP contribution is 2.23. The van der Waals surface area contributed by atoms with E-state index in [2.05, 4.69) is 10.1 Å². The molecule has 0 fully saturated rings. The first kappa shape index (κ1) is 8.77. The van der Waals surface area contributed by atoms with E-state index in [1.165, 1.54) is 5.69 Å². The van der Waals surface area contributed by atoms with E-state index in [1.807, 2.05) is 35.6 Å². The number of aryl methyl sites for hydroxylation is 1. The van der Waals surface area contributed by atoms with E-state index in [1.54, 1.807) is 23.1 Å². The van der Waals surface area contributed by atoms with Crippen molar-refractivity contribution in [2.75, 3.05) is 0 Å². The highest BCUT2D eigenvalue weighted by molar-refractivity contribution is 8.00. The molecule has 0 atom stereocenters. The monoisotopic (exact) mass is 211 g/mol. The second-order valence-corrected chi connectivity index (χ2v) is 4.65. The van der Waals surface area contributed by atoms with Gasteiger partial charge in [0.2, 0.25) is 0 Å². The lowest BCUT2D eigenvalue weighted by atomic mass is 10.5. The Bertz CT molecular complexity index is 366. The highest BCUT2D eigenvalue weighted by atomic mass is 32.2. The lowest BCUT2D eigenvalue weighted by molar-refractivity contribution is 0.736. The van der Waals surface area contributed by atoms with E-state index < -0.39 is 0 Å². The van der Waals surface area contributed by atoms with Gasteiger partial charge in [0.1, 0.15) is 4.34 Å². The molecule has 0 aliphatic carbocycles. The molecule has 0 saturated heterocycles. The molecular weight excluding hydrogens is 202 g/mol. The summed E-state index contributed by atoms with van der Waals surface area (Å²) in [5.41, 5.74) is 1.22.